The molecule has 97 heavy (non-hydrogen) atoms. The van der Waals surface area contributed by atoms with Gasteiger partial charge in [0.2, 0.25) is 0 Å². The smallest absolute Gasteiger partial charge is 0.463 e. The number of allylic oxidation sites excluding steroid dienone is 28. The number of phosphoric ester groups is 2. The Morgan fingerprint density at radius 1 is 0.289 bits per heavy atom. The standard InChI is InChI=1S/C79H128O16P2/c1-4-7-10-13-16-19-22-25-28-31-33-34-35-36-37-38-40-43-44-47-50-53-56-59-62-65-77(82)89-68-74(80)69-91-96(85,86)92-70-75(81)71-93-97(87,88)94-73-76(95-79(84)67-64-61-58-55-52-49-46-41-30-27-24-21-18-15-12-9-6-3)72-90-78(83)66-63-60-57-54-51-48-45-42-39-32-29-26-23-20-17-14-11-8-5-2/h7-12,16-21,25-30,33-34,36-37,39,42,46,49,55,58,74-76,80-81H,4-6,13-15,22-24,31-32,35,38,40-41,43-45,47-48,50-54,56-57,59-73H2,1-3H3,(H,85,86)(H,87,88)/b10-7-,11-8-,12-9-,19-16-,20-17-,21-18-,28-25-,29-26-,30-27-,34-33-,37-36-,42-39-,49-46-,58-55-. The van der Waals surface area contributed by atoms with Crippen LogP contribution in [-0.4, -0.2) is 95.9 Å². The lowest BCUT2D eigenvalue weighted by atomic mass is 10.1. The third-order valence-electron chi connectivity index (χ3n) is 14.4. The van der Waals surface area contributed by atoms with Crippen LogP contribution < -0.4 is 0 Å². The van der Waals surface area contributed by atoms with Crippen molar-refractivity contribution in [1.29, 1.82) is 0 Å². The summed E-state index contributed by atoms with van der Waals surface area (Å²) in [6.45, 7) is 2.22. The van der Waals surface area contributed by atoms with Crippen molar-refractivity contribution >= 4 is 33.6 Å². The maximum atomic E-state index is 12.9. The molecule has 0 aliphatic rings. The molecule has 0 aromatic rings. The fraction of sp³-hybridized carbons (Fsp3) is 0.608. The van der Waals surface area contributed by atoms with Gasteiger partial charge in [0.1, 0.15) is 25.4 Å². The maximum absolute atomic E-state index is 12.9. The third-order valence-corrected chi connectivity index (χ3v) is 16.3. The molecule has 0 rings (SSSR count). The number of unbranched alkanes of at least 4 members (excludes halogenated alkanes) is 16. The van der Waals surface area contributed by atoms with Gasteiger partial charge in [0, 0.05) is 19.3 Å². The molecular formula is C79H128O16P2. The molecule has 550 valence electrons. The topological polar surface area (TPSA) is 231 Å². The fourth-order valence-corrected chi connectivity index (χ4v) is 10.6. The highest BCUT2D eigenvalue weighted by molar-refractivity contribution is 7.47. The number of ether oxygens (including phenoxy) is 3. The van der Waals surface area contributed by atoms with E-state index in [1.165, 1.54) is 25.7 Å². The Hall–Kier alpha value is -5.09. The van der Waals surface area contributed by atoms with Gasteiger partial charge in [0.15, 0.2) is 6.10 Å². The van der Waals surface area contributed by atoms with Crippen LogP contribution in [0.2, 0.25) is 0 Å². The minimum Gasteiger partial charge on any atom is -0.463 e. The molecule has 0 spiro atoms. The second kappa shape index (κ2) is 70.8. The molecule has 0 fully saturated rings. The van der Waals surface area contributed by atoms with Crippen LogP contribution in [0.25, 0.3) is 0 Å². The first-order chi connectivity index (χ1) is 47.2. The SMILES string of the molecule is CC/C=C\C/C=C\C/C=C\C/C=C\C/C=C\CCCCCCCCCCCC(=O)OCC(O)COP(=O)(O)OCC(O)COP(=O)(O)OCC(COC(=O)CCCCCCCC/C=C\C/C=C\C/C=C\C/C=C\CC)OC(=O)CCC/C=C\C/C=C\C/C=C\C/C=C\C/C=C\CC. The number of aliphatic hydroxyl groups is 2. The van der Waals surface area contributed by atoms with Crippen LogP contribution in [0.5, 0.6) is 0 Å². The zero-order valence-corrected chi connectivity index (χ0v) is 61.5. The van der Waals surface area contributed by atoms with Crippen LogP contribution >= 0.6 is 15.6 Å². The number of aliphatic hydroxyl groups excluding tert-OH is 2. The van der Waals surface area contributed by atoms with Crippen molar-refractivity contribution in [3.05, 3.63) is 170 Å². The highest BCUT2D eigenvalue weighted by atomic mass is 31.2. The van der Waals surface area contributed by atoms with Crippen LogP contribution in [0.4, 0.5) is 0 Å². The fourth-order valence-electron chi connectivity index (χ4n) is 8.98. The Bertz CT molecular complexity index is 2440. The summed E-state index contributed by atoms with van der Waals surface area (Å²) in [5.41, 5.74) is 0. The molecule has 4 N–H and O–H groups in total. The van der Waals surface area contributed by atoms with Gasteiger partial charge in [-0.2, -0.15) is 0 Å². The summed E-state index contributed by atoms with van der Waals surface area (Å²) >= 11 is 0. The molecule has 0 aliphatic carbocycles. The normalized spacial score (nSPS) is 15.1. The van der Waals surface area contributed by atoms with Crippen molar-refractivity contribution in [1.82, 2.24) is 0 Å². The van der Waals surface area contributed by atoms with Gasteiger partial charge in [-0.25, -0.2) is 9.13 Å². The minimum atomic E-state index is -4.95. The lowest BCUT2D eigenvalue weighted by Gasteiger charge is -2.21. The van der Waals surface area contributed by atoms with Gasteiger partial charge in [-0.05, 0) is 141 Å². The Balaban J connectivity index is 4.69. The van der Waals surface area contributed by atoms with E-state index >= 15 is 0 Å². The second-order valence-corrected chi connectivity index (χ2v) is 26.5. The molecule has 0 radical (unpaired) electrons. The van der Waals surface area contributed by atoms with Gasteiger partial charge in [-0.15, -0.1) is 0 Å². The molecule has 0 aromatic heterocycles. The summed E-state index contributed by atoms with van der Waals surface area (Å²) in [5.74, 6) is -1.68. The predicted octanol–water partition coefficient (Wildman–Crippen LogP) is 20.9. The number of hydrogen-bond acceptors (Lipinski definition) is 14. The molecule has 16 nitrogen and oxygen atoms in total. The third kappa shape index (κ3) is 72.0. The van der Waals surface area contributed by atoms with Gasteiger partial charge in [0.05, 0.1) is 26.4 Å². The number of phosphoric acid groups is 2. The molecule has 5 unspecified atom stereocenters. The van der Waals surface area contributed by atoms with Gasteiger partial charge in [-0.3, -0.25) is 32.5 Å². The van der Waals surface area contributed by atoms with Crippen LogP contribution in [-0.2, 0) is 55.8 Å². The van der Waals surface area contributed by atoms with E-state index in [1.807, 2.05) is 12.2 Å². The first-order valence-electron chi connectivity index (χ1n) is 36.4. The van der Waals surface area contributed by atoms with Gasteiger partial charge >= 0.3 is 33.6 Å². The van der Waals surface area contributed by atoms with E-state index in [2.05, 4.69) is 179 Å². The van der Waals surface area contributed by atoms with E-state index in [0.717, 1.165) is 161 Å². The minimum absolute atomic E-state index is 0.0164. The maximum Gasteiger partial charge on any atom is 0.472 e. The Labute approximate surface area is 586 Å². The molecule has 0 saturated heterocycles. The van der Waals surface area contributed by atoms with Crippen molar-refractivity contribution < 1.29 is 75.8 Å². The molecule has 18 heteroatoms. The van der Waals surface area contributed by atoms with E-state index in [1.54, 1.807) is 0 Å². The van der Waals surface area contributed by atoms with Crippen molar-refractivity contribution in [3.63, 3.8) is 0 Å². The van der Waals surface area contributed by atoms with E-state index in [0.29, 0.717) is 25.7 Å². The van der Waals surface area contributed by atoms with Crippen molar-refractivity contribution in [2.75, 3.05) is 39.6 Å². The summed E-state index contributed by atoms with van der Waals surface area (Å²) in [6, 6.07) is 0. The number of rotatable bonds is 67. The molecule has 0 amide bonds. The van der Waals surface area contributed by atoms with Crippen molar-refractivity contribution in [2.24, 2.45) is 0 Å². The molecule has 5 atom stereocenters. The van der Waals surface area contributed by atoms with Gasteiger partial charge in [0.25, 0.3) is 0 Å². The molecule has 0 aromatic carbocycles. The van der Waals surface area contributed by atoms with Crippen molar-refractivity contribution in [3.8, 4) is 0 Å². The van der Waals surface area contributed by atoms with Gasteiger partial charge < -0.3 is 34.2 Å². The van der Waals surface area contributed by atoms with Gasteiger partial charge in [-0.1, -0.05) is 262 Å². The van der Waals surface area contributed by atoms with Crippen LogP contribution in [0, 0.1) is 0 Å². The van der Waals surface area contributed by atoms with Crippen molar-refractivity contribution in [2.45, 2.75) is 270 Å². The Morgan fingerprint density at radius 2 is 0.526 bits per heavy atom. The van der Waals surface area contributed by atoms with Crippen LogP contribution in [0.1, 0.15) is 252 Å². The number of carbonyl (C=O) groups excluding carboxylic acids is 3. The molecule has 0 heterocycles. The average molecular weight is 1400 g/mol. The second-order valence-electron chi connectivity index (χ2n) is 23.6. The summed E-state index contributed by atoms with van der Waals surface area (Å²) in [5, 5.41) is 20.6. The van der Waals surface area contributed by atoms with E-state index in [-0.39, 0.29) is 19.3 Å². The average Bonchev–Trinajstić information content (AvgIpc) is 2.50. The number of esters is 3. The highest BCUT2D eigenvalue weighted by Gasteiger charge is 2.29. The number of hydrogen-bond donors (Lipinski definition) is 4. The van der Waals surface area contributed by atoms with E-state index in [4.69, 9.17) is 32.3 Å². The van der Waals surface area contributed by atoms with Crippen LogP contribution in [0.3, 0.4) is 0 Å². The predicted molar refractivity (Wildman–Crippen MR) is 398 cm³/mol. The molecule has 0 saturated carbocycles. The monoisotopic (exact) mass is 1390 g/mol. The Morgan fingerprint density at radius 3 is 0.845 bits per heavy atom. The zero-order chi connectivity index (χ0) is 70.9. The quantitative estimate of drug-likeness (QED) is 0.0146. The number of carbonyl (C=O) groups is 3. The first kappa shape index (κ1) is 91.9. The first-order valence-corrected chi connectivity index (χ1v) is 39.4. The molecule has 0 bridgehead atoms. The zero-order valence-electron chi connectivity index (χ0n) is 59.7. The molecular weight excluding hydrogens is 1270 g/mol. The van der Waals surface area contributed by atoms with E-state index < -0.39 is 91.5 Å². The van der Waals surface area contributed by atoms with E-state index in [9.17, 15) is 43.5 Å². The summed E-state index contributed by atoms with van der Waals surface area (Å²) in [6.07, 6.45) is 88.3. The molecule has 0 aliphatic heterocycles. The Kier molecular flexibility index (Phi) is 67.0. The highest BCUT2D eigenvalue weighted by Crippen LogP contribution is 2.45. The largest absolute Gasteiger partial charge is 0.472 e. The lowest BCUT2D eigenvalue weighted by molar-refractivity contribution is -0.161. The van der Waals surface area contributed by atoms with Crippen LogP contribution in [0.15, 0.2) is 170 Å². The lowest BCUT2D eigenvalue weighted by Crippen LogP contribution is -2.30. The summed E-state index contributed by atoms with van der Waals surface area (Å²) in [4.78, 5) is 58.5. The summed E-state index contributed by atoms with van der Waals surface area (Å²) < 4.78 is 60.9. The summed E-state index contributed by atoms with van der Waals surface area (Å²) in [7, 11) is -9.82.